The van der Waals surface area contributed by atoms with Crippen LogP contribution in [0.3, 0.4) is 0 Å². The number of ether oxygens (including phenoxy) is 1. The average Bonchev–Trinajstić information content (AvgIpc) is 3.01. The molecule has 0 aliphatic heterocycles. The van der Waals surface area contributed by atoms with Gasteiger partial charge in [0.1, 0.15) is 5.76 Å². The second kappa shape index (κ2) is 7.63. The molecule has 2 rings (SSSR count). The van der Waals surface area contributed by atoms with Crippen molar-refractivity contribution in [2.45, 2.75) is 39.7 Å². The van der Waals surface area contributed by atoms with Crippen LogP contribution in [-0.4, -0.2) is 18.0 Å². The predicted molar refractivity (Wildman–Crippen MR) is 87.1 cm³/mol. The van der Waals surface area contributed by atoms with Crippen molar-refractivity contribution in [3.63, 3.8) is 0 Å². The summed E-state index contributed by atoms with van der Waals surface area (Å²) in [7, 11) is 0. The third-order valence-electron chi connectivity index (χ3n) is 3.47. The number of nitrogens with one attached hydrogen (secondary N) is 1. The Morgan fingerprint density at radius 3 is 2.70 bits per heavy atom. The average molecular weight is 315 g/mol. The lowest BCUT2D eigenvalue weighted by atomic mass is 10.1. The monoisotopic (exact) mass is 315 g/mol. The van der Waals surface area contributed by atoms with E-state index in [1.165, 1.54) is 0 Å². The highest BCUT2D eigenvalue weighted by Gasteiger charge is 2.18. The maximum absolute atomic E-state index is 12.1. The van der Waals surface area contributed by atoms with E-state index in [2.05, 4.69) is 5.32 Å². The Kier molecular flexibility index (Phi) is 5.57. The van der Waals surface area contributed by atoms with Crippen molar-refractivity contribution < 1.29 is 18.7 Å². The molecule has 1 amide bonds. The number of hydrogen-bond acceptors (Lipinski definition) is 4. The highest BCUT2D eigenvalue weighted by atomic mass is 16.5. The molecule has 0 saturated carbocycles. The molecule has 0 spiro atoms. The van der Waals surface area contributed by atoms with E-state index in [0.717, 1.165) is 16.8 Å². The summed E-state index contributed by atoms with van der Waals surface area (Å²) in [6.45, 7) is 5.47. The standard InChI is InChI=1S/C18H21NO4/c1-12-6-8-16(13(2)11-12)19-18(21)14(3)23-17(20)9-7-15-5-4-10-22-15/h4-6,8,10-11,14H,7,9H2,1-3H3,(H,19,21)/t14-/m1/s1. The number of anilines is 1. The molecule has 0 radical (unpaired) electrons. The summed E-state index contributed by atoms with van der Waals surface area (Å²) >= 11 is 0. The van der Waals surface area contributed by atoms with E-state index < -0.39 is 12.1 Å². The van der Waals surface area contributed by atoms with Crippen molar-refractivity contribution in [1.29, 1.82) is 0 Å². The number of carbonyl (C=O) groups excluding carboxylic acids is 2. The fourth-order valence-corrected chi connectivity index (χ4v) is 2.18. The molecule has 5 nitrogen and oxygen atoms in total. The summed E-state index contributed by atoms with van der Waals surface area (Å²) in [5, 5.41) is 2.78. The van der Waals surface area contributed by atoms with E-state index >= 15 is 0 Å². The first-order valence-electron chi connectivity index (χ1n) is 7.55. The van der Waals surface area contributed by atoms with Crippen LogP contribution in [0.25, 0.3) is 0 Å². The van der Waals surface area contributed by atoms with Gasteiger partial charge < -0.3 is 14.5 Å². The zero-order valence-corrected chi connectivity index (χ0v) is 13.6. The van der Waals surface area contributed by atoms with Gasteiger partial charge in [-0.2, -0.15) is 0 Å². The first-order valence-corrected chi connectivity index (χ1v) is 7.55. The van der Waals surface area contributed by atoms with Crippen LogP contribution in [0.1, 0.15) is 30.2 Å². The molecule has 2 aromatic rings. The zero-order chi connectivity index (χ0) is 16.8. The van der Waals surface area contributed by atoms with Crippen LogP contribution in [0, 0.1) is 13.8 Å². The molecule has 1 aromatic carbocycles. The molecule has 0 aliphatic rings. The Balaban J connectivity index is 1.83. The van der Waals surface area contributed by atoms with Crippen molar-refractivity contribution in [3.8, 4) is 0 Å². The number of rotatable bonds is 6. The maximum Gasteiger partial charge on any atom is 0.307 e. The molecule has 1 heterocycles. The molecule has 0 aliphatic carbocycles. The molecule has 0 fully saturated rings. The van der Waals surface area contributed by atoms with Gasteiger partial charge in [-0.15, -0.1) is 0 Å². The van der Waals surface area contributed by atoms with Crippen LogP contribution in [0.5, 0.6) is 0 Å². The molecule has 0 unspecified atom stereocenters. The minimum atomic E-state index is -0.847. The number of amides is 1. The van der Waals surface area contributed by atoms with Gasteiger partial charge in [0.05, 0.1) is 12.7 Å². The van der Waals surface area contributed by atoms with E-state index in [1.807, 2.05) is 32.0 Å². The Morgan fingerprint density at radius 1 is 1.26 bits per heavy atom. The topological polar surface area (TPSA) is 68.5 Å². The van der Waals surface area contributed by atoms with Crippen LogP contribution in [0.4, 0.5) is 5.69 Å². The molecule has 1 aromatic heterocycles. The van der Waals surface area contributed by atoms with E-state index in [-0.39, 0.29) is 12.3 Å². The first-order chi connectivity index (χ1) is 11.0. The smallest absolute Gasteiger partial charge is 0.307 e. The van der Waals surface area contributed by atoms with Crippen molar-refractivity contribution in [1.82, 2.24) is 0 Å². The molecule has 1 atom stereocenters. The molecule has 0 bridgehead atoms. The lowest BCUT2D eigenvalue weighted by Crippen LogP contribution is -2.30. The SMILES string of the molecule is Cc1ccc(NC(=O)[C@@H](C)OC(=O)CCc2ccco2)c(C)c1. The largest absolute Gasteiger partial charge is 0.469 e. The van der Waals surface area contributed by atoms with Crippen LogP contribution in [-0.2, 0) is 20.7 Å². The molecule has 0 saturated heterocycles. The maximum atomic E-state index is 12.1. The minimum Gasteiger partial charge on any atom is -0.469 e. The first kappa shape index (κ1) is 16.8. The summed E-state index contributed by atoms with van der Waals surface area (Å²) < 4.78 is 10.3. The second-order valence-electron chi connectivity index (χ2n) is 5.52. The van der Waals surface area contributed by atoms with Crippen molar-refractivity contribution in [3.05, 3.63) is 53.5 Å². The second-order valence-corrected chi connectivity index (χ2v) is 5.52. The van der Waals surface area contributed by atoms with Crippen LogP contribution < -0.4 is 5.32 Å². The van der Waals surface area contributed by atoms with E-state index in [4.69, 9.17) is 9.15 Å². The Morgan fingerprint density at radius 2 is 2.04 bits per heavy atom. The van der Waals surface area contributed by atoms with Gasteiger partial charge in [0.25, 0.3) is 5.91 Å². The normalized spacial score (nSPS) is 11.8. The van der Waals surface area contributed by atoms with Crippen molar-refractivity contribution >= 4 is 17.6 Å². The number of aryl methyl sites for hydroxylation is 3. The van der Waals surface area contributed by atoms with Crippen LogP contribution in [0.2, 0.25) is 0 Å². The van der Waals surface area contributed by atoms with E-state index in [1.54, 1.807) is 25.3 Å². The predicted octanol–water partition coefficient (Wildman–Crippen LogP) is 3.40. The summed E-state index contributed by atoms with van der Waals surface area (Å²) in [6.07, 6.45) is 1.34. The van der Waals surface area contributed by atoms with Gasteiger partial charge in [0.2, 0.25) is 0 Å². The lowest BCUT2D eigenvalue weighted by Gasteiger charge is -2.15. The molecular formula is C18H21NO4. The quantitative estimate of drug-likeness (QED) is 0.830. The number of benzene rings is 1. The number of carbonyl (C=O) groups is 2. The number of furan rings is 1. The highest BCUT2D eigenvalue weighted by molar-refractivity contribution is 5.95. The third kappa shape index (κ3) is 4.98. The third-order valence-corrected chi connectivity index (χ3v) is 3.47. The van der Waals surface area contributed by atoms with Gasteiger partial charge >= 0.3 is 5.97 Å². The summed E-state index contributed by atoms with van der Waals surface area (Å²) in [5.74, 6) is -0.0534. The van der Waals surface area contributed by atoms with Crippen molar-refractivity contribution in [2.75, 3.05) is 5.32 Å². The number of hydrogen-bond donors (Lipinski definition) is 1. The fraction of sp³-hybridized carbons (Fsp3) is 0.333. The molecule has 5 heteroatoms. The molecule has 1 N–H and O–H groups in total. The summed E-state index contributed by atoms with van der Waals surface area (Å²) in [5.41, 5.74) is 2.81. The van der Waals surface area contributed by atoms with Crippen molar-refractivity contribution in [2.24, 2.45) is 0 Å². The van der Waals surface area contributed by atoms with Crippen LogP contribution in [0.15, 0.2) is 41.0 Å². The number of esters is 1. The van der Waals surface area contributed by atoms with Gasteiger partial charge in [0.15, 0.2) is 6.10 Å². The summed E-state index contributed by atoms with van der Waals surface area (Å²) in [6, 6.07) is 9.30. The fourth-order valence-electron chi connectivity index (χ4n) is 2.18. The highest BCUT2D eigenvalue weighted by Crippen LogP contribution is 2.16. The molecular weight excluding hydrogens is 294 g/mol. The minimum absolute atomic E-state index is 0.175. The Labute approximate surface area is 135 Å². The van der Waals surface area contributed by atoms with Gasteiger partial charge in [-0.05, 0) is 44.5 Å². The lowest BCUT2D eigenvalue weighted by molar-refractivity contribution is -0.153. The van der Waals surface area contributed by atoms with Gasteiger partial charge in [-0.3, -0.25) is 9.59 Å². The molecule has 122 valence electrons. The Bertz CT molecular complexity index is 676. The molecule has 23 heavy (non-hydrogen) atoms. The van der Waals surface area contributed by atoms with E-state index in [9.17, 15) is 9.59 Å². The van der Waals surface area contributed by atoms with Crippen LogP contribution >= 0.6 is 0 Å². The summed E-state index contributed by atoms with van der Waals surface area (Å²) in [4.78, 5) is 23.9. The van der Waals surface area contributed by atoms with Gasteiger partial charge in [-0.1, -0.05) is 17.7 Å². The zero-order valence-electron chi connectivity index (χ0n) is 13.6. The van der Waals surface area contributed by atoms with Gasteiger partial charge in [-0.25, -0.2) is 0 Å². The van der Waals surface area contributed by atoms with E-state index in [0.29, 0.717) is 12.2 Å². The Hall–Kier alpha value is -2.56. The van der Waals surface area contributed by atoms with Gasteiger partial charge in [0, 0.05) is 12.1 Å².